The van der Waals surface area contributed by atoms with Gasteiger partial charge in [-0.15, -0.1) is 0 Å². The van der Waals surface area contributed by atoms with Crippen LogP contribution in [-0.4, -0.2) is 9.55 Å². The highest BCUT2D eigenvalue weighted by Crippen LogP contribution is 2.37. The van der Waals surface area contributed by atoms with Crippen molar-refractivity contribution < 1.29 is 0 Å². The van der Waals surface area contributed by atoms with E-state index in [1.807, 2.05) is 6.07 Å². The Morgan fingerprint density at radius 2 is 2.00 bits per heavy atom. The molecular weight excluding hydrogens is 222 g/mol. The molecule has 1 heterocycles. The van der Waals surface area contributed by atoms with Crippen LogP contribution in [0.4, 0.5) is 5.95 Å². The van der Waals surface area contributed by atoms with E-state index in [4.69, 9.17) is 0 Å². The SMILES string of the molecule is Cc1cn(C2CC2)c(NC(C)c2ccccc2)n1. The van der Waals surface area contributed by atoms with Crippen LogP contribution in [-0.2, 0) is 0 Å². The zero-order valence-corrected chi connectivity index (χ0v) is 10.9. The summed E-state index contributed by atoms with van der Waals surface area (Å²) in [5.41, 5.74) is 2.38. The molecule has 0 aliphatic heterocycles. The number of hydrogen-bond donors (Lipinski definition) is 1. The predicted molar refractivity (Wildman–Crippen MR) is 73.7 cm³/mol. The average Bonchev–Trinajstić information content (AvgIpc) is 3.15. The predicted octanol–water partition coefficient (Wildman–Crippen LogP) is 3.70. The van der Waals surface area contributed by atoms with Gasteiger partial charge in [0.05, 0.1) is 11.7 Å². The highest BCUT2D eigenvalue weighted by atomic mass is 15.2. The Morgan fingerprint density at radius 1 is 1.28 bits per heavy atom. The minimum absolute atomic E-state index is 0.283. The molecule has 1 aliphatic carbocycles. The summed E-state index contributed by atoms with van der Waals surface area (Å²) < 4.78 is 2.29. The molecule has 1 saturated carbocycles. The highest BCUT2D eigenvalue weighted by molar-refractivity contribution is 5.35. The zero-order chi connectivity index (χ0) is 12.5. The Balaban J connectivity index is 1.80. The summed E-state index contributed by atoms with van der Waals surface area (Å²) in [4.78, 5) is 4.59. The van der Waals surface area contributed by atoms with E-state index in [2.05, 4.69) is 59.2 Å². The van der Waals surface area contributed by atoms with E-state index in [-0.39, 0.29) is 6.04 Å². The first kappa shape index (κ1) is 11.3. The average molecular weight is 241 g/mol. The molecule has 2 aromatic rings. The topological polar surface area (TPSA) is 29.9 Å². The van der Waals surface area contributed by atoms with Crippen molar-refractivity contribution in [1.82, 2.24) is 9.55 Å². The smallest absolute Gasteiger partial charge is 0.203 e. The van der Waals surface area contributed by atoms with Crippen molar-refractivity contribution in [3.8, 4) is 0 Å². The number of rotatable bonds is 4. The van der Waals surface area contributed by atoms with E-state index < -0.39 is 0 Å². The van der Waals surface area contributed by atoms with Gasteiger partial charge in [-0.1, -0.05) is 30.3 Å². The minimum Gasteiger partial charge on any atom is -0.349 e. The minimum atomic E-state index is 0.283. The van der Waals surface area contributed by atoms with Crippen molar-refractivity contribution in [1.29, 1.82) is 0 Å². The molecule has 1 fully saturated rings. The lowest BCUT2D eigenvalue weighted by atomic mass is 10.1. The van der Waals surface area contributed by atoms with Crippen LogP contribution in [0.15, 0.2) is 36.5 Å². The summed E-state index contributed by atoms with van der Waals surface area (Å²) in [6.45, 7) is 4.23. The molecule has 0 bridgehead atoms. The van der Waals surface area contributed by atoms with Crippen molar-refractivity contribution in [2.75, 3.05) is 5.32 Å². The molecule has 0 radical (unpaired) electrons. The maximum Gasteiger partial charge on any atom is 0.203 e. The van der Waals surface area contributed by atoms with E-state index in [1.54, 1.807) is 0 Å². The van der Waals surface area contributed by atoms with Crippen LogP contribution in [0, 0.1) is 6.92 Å². The van der Waals surface area contributed by atoms with Gasteiger partial charge in [0.25, 0.3) is 0 Å². The van der Waals surface area contributed by atoms with Crippen LogP contribution < -0.4 is 5.32 Å². The molecule has 1 aliphatic rings. The fourth-order valence-electron chi connectivity index (χ4n) is 2.27. The van der Waals surface area contributed by atoms with Crippen LogP contribution in [0.25, 0.3) is 0 Å². The second kappa shape index (κ2) is 4.48. The second-order valence-corrected chi connectivity index (χ2v) is 5.12. The van der Waals surface area contributed by atoms with Gasteiger partial charge in [-0.05, 0) is 32.3 Å². The third-order valence-electron chi connectivity index (χ3n) is 3.44. The Labute approximate surface area is 108 Å². The quantitative estimate of drug-likeness (QED) is 0.884. The van der Waals surface area contributed by atoms with E-state index in [0.717, 1.165) is 11.6 Å². The number of hydrogen-bond acceptors (Lipinski definition) is 2. The largest absolute Gasteiger partial charge is 0.349 e. The maximum atomic E-state index is 4.59. The molecule has 1 atom stereocenters. The lowest BCUT2D eigenvalue weighted by Gasteiger charge is -2.16. The van der Waals surface area contributed by atoms with E-state index in [1.165, 1.54) is 18.4 Å². The number of aryl methyl sites for hydroxylation is 1. The fourth-order valence-corrected chi connectivity index (χ4v) is 2.27. The van der Waals surface area contributed by atoms with Gasteiger partial charge in [-0.3, -0.25) is 0 Å². The fraction of sp³-hybridized carbons (Fsp3) is 0.400. The molecule has 1 aromatic heterocycles. The first-order chi connectivity index (χ1) is 8.74. The molecule has 0 amide bonds. The molecule has 1 N–H and O–H groups in total. The lowest BCUT2D eigenvalue weighted by molar-refractivity contribution is 0.727. The summed E-state index contributed by atoms with van der Waals surface area (Å²) in [5, 5.41) is 3.52. The number of nitrogens with zero attached hydrogens (tertiary/aromatic N) is 2. The van der Waals surface area contributed by atoms with Gasteiger partial charge in [0, 0.05) is 12.2 Å². The Hall–Kier alpha value is -1.77. The van der Waals surface area contributed by atoms with Crippen molar-refractivity contribution in [3.63, 3.8) is 0 Å². The van der Waals surface area contributed by atoms with E-state index in [9.17, 15) is 0 Å². The van der Waals surface area contributed by atoms with Gasteiger partial charge in [-0.2, -0.15) is 0 Å². The van der Waals surface area contributed by atoms with Crippen molar-refractivity contribution in [3.05, 3.63) is 47.8 Å². The first-order valence-electron chi connectivity index (χ1n) is 6.61. The maximum absolute atomic E-state index is 4.59. The first-order valence-corrected chi connectivity index (χ1v) is 6.61. The van der Waals surface area contributed by atoms with Crippen LogP contribution in [0.1, 0.15) is 43.1 Å². The molecule has 94 valence electrons. The number of aromatic nitrogens is 2. The number of nitrogens with one attached hydrogen (secondary N) is 1. The van der Waals surface area contributed by atoms with Crippen LogP contribution in [0.5, 0.6) is 0 Å². The number of benzene rings is 1. The summed E-state index contributed by atoms with van der Waals surface area (Å²) >= 11 is 0. The molecule has 18 heavy (non-hydrogen) atoms. The van der Waals surface area contributed by atoms with Crippen molar-refractivity contribution >= 4 is 5.95 Å². The summed E-state index contributed by atoms with van der Waals surface area (Å²) in [5.74, 6) is 1.01. The van der Waals surface area contributed by atoms with Crippen LogP contribution in [0.2, 0.25) is 0 Å². The van der Waals surface area contributed by atoms with Gasteiger partial charge < -0.3 is 9.88 Å². The molecular formula is C15H19N3. The molecule has 1 aromatic carbocycles. The van der Waals surface area contributed by atoms with Crippen molar-refractivity contribution in [2.45, 2.75) is 38.8 Å². The highest BCUT2D eigenvalue weighted by Gasteiger charge is 2.26. The number of anilines is 1. The molecule has 3 nitrogen and oxygen atoms in total. The standard InChI is InChI=1S/C15H19N3/c1-11-10-18(14-8-9-14)15(16-11)17-12(2)13-6-4-3-5-7-13/h3-7,10,12,14H,8-9H2,1-2H3,(H,16,17). The van der Waals surface area contributed by atoms with Gasteiger partial charge in [0.2, 0.25) is 5.95 Å². The third-order valence-corrected chi connectivity index (χ3v) is 3.44. The van der Waals surface area contributed by atoms with Gasteiger partial charge in [0.15, 0.2) is 0 Å². The van der Waals surface area contributed by atoms with Gasteiger partial charge in [-0.25, -0.2) is 4.98 Å². The molecule has 3 rings (SSSR count). The molecule has 0 spiro atoms. The van der Waals surface area contributed by atoms with E-state index in [0.29, 0.717) is 6.04 Å². The molecule has 0 saturated heterocycles. The van der Waals surface area contributed by atoms with Gasteiger partial charge in [0.1, 0.15) is 0 Å². The third kappa shape index (κ3) is 2.26. The summed E-state index contributed by atoms with van der Waals surface area (Å²) in [7, 11) is 0. The van der Waals surface area contributed by atoms with E-state index >= 15 is 0 Å². The second-order valence-electron chi connectivity index (χ2n) is 5.12. The zero-order valence-electron chi connectivity index (χ0n) is 10.9. The molecule has 3 heteroatoms. The Morgan fingerprint density at radius 3 is 2.67 bits per heavy atom. The number of imidazole rings is 1. The normalized spacial score (nSPS) is 16.6. The summed E-state index contributed by atoms with van der Waals surface area (Å²) in [6.07, 6.45) is 4.71. The van der Waals surface area contributed by atoms with Crippen LogP contribution >= 0.6 is 0 Å². The Kier molecular flexibility index (Phi) is 2.82. The van der Waals surface area contributed by atoms with Gasteiger partial charge >= 0.3 is 0 Å². The summed E-state index contributed by atoms with van der Waals surface area (Å²) in [6, 6.07) is 11.4. The van der Waals surface area contributed by atoms with Crippen LogP contribution in [0.3, 0.4) is 0 Å². The molecule has 1 unspecified atom stereocenters. The monoisotopic (exact) mass is 241 g/mol. The van der Waals surface area contributed by atoms with Crippen molar-refractivity contribution in [2.24, 2.45) is 0 Å². The lowest BCUT2D eigenvalue weighted by Crippen LogP contribution is -2.11. The Bertz CT molecular complexity index is 526.